The smallest absolute Gasteiger partial charge is 0.0246 e. The largest absolute Gasteiger partial charge is 0.115 e. The van der Waals surface area contributed by atoms with E-state index in [9.17, 15) is 0 Å². The van der Waals surface area contributed by atoms with Gasteiger partial charge in [0.2, 0.25) is 0 Å². The van der Waals surface area contributed by atoms with Gasteiger partial charge in [0.05, 0.1) is 0 Å². The van der Waals surface area contributed by atoms with Crippen LogP contribution in [0.3, 0.4) is 0 Å². The molecule has 1 aliphatic carbocycles. The summed E-state index contributed by atoms with van der Waals surface area (Å²) in [5.41, 5.74) is 2.00. The van der Waals surface area contributed by atoms with E-state index >= 15 is 0 Å². The first-order valence-corrected chi connectivity index (χ1v) is 7.40. The van der Waals surface area contributed by atoms with Crippen molar-refractivity contribution in [2.75, 3.05) is 0 Å². The van der Waals surface area contributed by atoms with E-state index in [4.69, 9.17) is 6.42 Å². The van der Waals surface area contributed by atoms with Crippen LogP contribution in [0.25, 0.3) is 0 Å². The maximum atomic E-state index is 5.34. The molecular formula is C19H22. The molecule has 0 heterocycles. The van der Waals surface area contributed by atoms with Crippen LogP contribution in [0.4, 0.5) is 0 Å². The van der Waals surface area contributed by atoms with Crippen LogP contribution in [0.15, 0.2) is 24.3 Å². The minimum atomic E-state index is 0.598. The fraction of sp³-hybridized carbons (Fsp3) is 0.474. The average Bonchev–Trinajstić information content (AvgIpc) is 2.47. The van der Waals surface area contributed by atoms with Crippen molar-refractivity contribution in [2.45, 2.75) is 45.4 Å². The molecule has 19 heavy (non-hydrogen) atoms. The van der Waals surface area contributed by atoms with E-state index < -0.39 is 0 Å². The van der Waals surface area contributed by atoms with Crippen molar-refractivity contribution in [1.29, 1.82) is 0 Å². The molecule has 0 amide bonds. The highest BCUT2D eigenvalue weighted by Crippen LogP contribution is 2.31. The summed E-state index contributed by atoms with van der Waals surface area (Å²) < 4.78 is 0. The van der Waals surface area contributed by atoms with Crippen molar-refractivity contribution in [3.63, 3.8) is 0 Å². The van der Waals surface area contributed by atoms with Crippen LogP contribution in [0.2, 0.25) is 0 Å². The van der Waals surface area contributed by atoms with Gasteiger partial charge in [-0.2, -0.15) is 0 Å². The van der Waals surface area contributed by atoms with Gasteiger partial charge >= 0.3 is 0 Å². The van der Waals surface area contributed by atoms with Crippen LogP contribution in [-0.4, -0.2) is 0 Å². The fourth-order valence-corrected chi connectivity index (χ4v) is 2.84. The van der Waals surface area contributed by atoms with Gasteiger partial charge in [0.1, 0.15) is 0 Å². The average molecular weight is 250 g/mol. The van der Waals surface area contributed by atoms with Gasteiger partial charge < -0.3 is 0 Å². The number of rotatable bonds is 2. The monoisotopic (exact) mass is 250 g/mol. The van der Waals surface area contributed by atoms with Crippen molar-refractivity contribution < 1.29 is 0 Å². The van der Waals surface area contributed by atoms with Crippen LogP contribution in [0.1, 0.15) is 56.6 Å². The number of terminal acetylenes is 1. The maximum absolute atomic E-state index is 5.34. The van der Waals surface area contributed by atoms with Crippen LogP contribution >= 0.6 is 0 Å². The highest BCUT2D eigenvalue weighted by atomic mass is 14.2. The molecule has 0 spiro atoms. The van der Waals surface area contributed by atoms with E-state index in [1.807, 2.05) is 24.3 Å². The van der Waals surface area contributed by atoms with Crippen molar-refractivity contribution in [2.24, 2.45) is 11.8 Å². The molecule has 0 unspecified atom stereocenters. The molecule has 0 aliphatic heterocycles. The summed E-state index contributed by atoms with van der Waals surface area (Å²) in [6.45, 7) is 2.28. The first-order valence-electron chi connectivity index (χ1n) is 7.40. The Morgan fingerprint density at radius 3 is 2.26 bits per heavy atom. The minimum absolute atomic E-state index is 0.598. The molecule has 1 aromatic carbocycles. The number of hydrogen-bond acceptors (Lipinski definition) is 0. The first kappa shape index (κ1) is 13.8. The Balaban J connectivity index is 1.88. The second-order valence-corrected chi connectivity index (χ2v) is 5.50. The summed E-state index contributed by atoms with van der Waals surface area (Å²) in [6.07, 6.45) is 13.3. The van der Waals surface area contributed by atoms with Crippen LogP contribution in [-0.2, 0) is 0 Å². The molecule has 0 atom stereocenters. The standard InChI is InChI=1S/C19H22/c1-3-5-17-10-12-19(13-11-17)15-14-18-8-6-16(4-2)7-9-18/h2,6-9,17,19H,3,5,10-13H2,1H3. The quantitative estimate of drug-likeness (QED) is 0.672. The molecule has 2 rings (SSSR count). The van der Waals surface area contributed by atoms with Crippen LogP contribution < -0.4 is 0 Å². The lowest BCUT2D eigenvalue weighted by Gasteiger charge is -2.25. The third kappa shape index (κ3) is 4.18. The van der Waals surface area contributed by atoms with E-state index in [1.54, 1.807) is 0 Å². The maximum Gasteiger partial charge on any atom is 0.0246 e. The molecule has 0 heteroatoms. The molecule has 0 saturated heterocycles. The zero-order valence-corrected chi connectivity index (χ0v) is 11.8. The number of benzene rings is 1. The van der Waals surface area contributed by atoms with Gasteiger partial charge in [0, 0.05) is 17.0 Å². The molecular weight excluding hydrogens is 228 g/mol. The van der Waals surface area contributed by atoms with Crippen LogP contribution in [0, 0.1) is 36.0 Å². The first-order chi connectivity index (χ1) is 9.31. The molecule has 1 fully saturated rings. The Bertz CT molecular complexity index is 482. The second kappa shape index (κ2) is 7.06. The number of hydrogen-bond donors (Lipinski definition) is 0. The summed E-state index contributed by atoms with van der Waals surface area (Å²) >= 11 is 0. The molecule has 0 aromatic heterocycles. The molecule has 1 saturated carbocycles. The van der Waals surface area contributed by atoms with Gasteiger partial charge in [-0.3, -0.25) is 0 Å². The van der Waals surface area contributed by atoms with Gasteiger partial charge in [0.25, 0.3) is 0 Å². The Labute approximate surface area is 117 Å². The van der Waals surface area contributed by atoms with E-state index in [0.29, 0.717) is 5.92 Å². The normalized spacial score (nSPS) is 22.1. The second-order valence-electron chi connectivity index (χ2n) is 5.50. The zero-order valence-electron chi connectivity index (χ0n) is 11.8. The lowest BCUT2D eigenvalue weighted by molar-refractivity contribution is 0.300. The zero-order chi connectivity index (χ0) is 13.5. The highest BCUT2D eigenvalue weighted by Gasteiger charge is 2.18. The minimum Gasteiger partial charge on any atom is -0.115 e. The van der Waals surface area contributed by atoms with E-state index in [-0.39, 0.29) is 0 Å². The lowest BCUT2D eigenvalue weighted by Crippen LogP contribution is -2.13. The summed E-state index contributed by atoms with van der Waals surface area (Å²) in [5.74, 6) is 10.9. The molecule has 1 aliphatic rings. The fourth-order valence-electron chi connectivity index (χ4n) is 2.84. The predicted molar refractivity (Wildman–Crippen MR) is 81.6 cm³/mol. The Morgan fingerprint density at radius 2 is 1.68 bits per heavy atom. The summed E-state index contributed by atoms with van der Waals surface area (Å²) in [5, 5.41) is 0. The predicted octanol–water partition coefficient (Wildman–Crippen LogP) is 4.63. The van der Waals surface area contributed by atoms with Gasteiger partial charge in [-0.15, -0.1) is 6.42 Å². The van der Waals surface area contributed by atoms with Gasteiger partial charge in [-0.05, 0) is 55.9 Å². The summed E-state index contributed by atoms with van der Waals surface area (Å²) in [4.78, 5) is 0. The molecule has 0 N–H and O–H groups in total. The Hall–Kier alpha value is -1.66. The van der Waals surface area contributed by atoms with Crippen LogP contribution in [0.5, 0.6) is 0 Å². The van der Waals surface area contributed by atoms with Gasteiger partial charge in [-0.25, -0.2) is 0 Å². The topological polar surface area (TPSA) is 0 Å². The van der Waals surface area contributed by atoms with Crippen molar-refractivity contribution in [3.05, 3.63) is 35.4 Å². The van der Waals surface area contributed by atoms with E-state index in [1.165, 1.54) is 38.5 Å². The van der Waals surface area contributed by atoms with E-state index in [0.717, 1.165) is 17.0 Å². The van der Waals surface area contributed by atoms with Gasteiger partial charge in [0.15, 0.2) is 0 Å². The molecule has 1 aromatic rings. The van der Waals surface area contributed by atoms with Crippen molar-refractivity contribution in [1.82, 2.24) is 0 Å². The highest BCUT2D eigenvalue weighted by molar-refractivity contribution is 5.41. The Morgan fingerprint density at radius 1 is 1.05 bits per heavy atom. The molecule has 0 nitrogen and oxygen atoms in total. The summed E-state index contributed by atoms with van der Waals surface area (Å²) in [6, 6.07) is 7.96. The lowest BCUT2D eigenvalue weighted by atomic mass is 9.80. The van der Waals surface area contributed by atoms with Crippen molar-refractivity contribution in [3.8, 4) is 24.2 Å². The van der Waals surface area contributed by atoms with E-state index in [2.05, 4.69) is 24.7 Å². The SMILES string of the molecule is C#Cc1ccc(C#CC2CCC(CCC)CC2)cc1. The molecule has 0 bridgehead atoms. The third-order valence-corrected chi connectivity index (χ3v) is 4.02. The summed E-state index contributed by atoms with van der Waals surface area (Å²) in [7, 11) is 0. The molecule has 0 radical (unpaired) electrons. The van der Waals surface area contributed by atoms with Crippen molar-refractivity contribution >= 4 is 0 Å². The Kier molecular flexibility index (Phi) is 5.11. The molecule has 98 valence electrons. The third-order valence-electron chi connectivity index (χ3n) is 4.02. The van der Waals surface area contributed by atoms with Gasteiger partial charge in [-0.1, -0.05) is 37.5 Å².